The molecule has 2 aromatic rings. The van der Waals surface area contributed by atoms with Gasteiger partial charge >= 0.3 is 0 Å². The lowest BCUT2D eigenvalue weighted by atomic mass is 10.1. The number of hydrogen-bond acceptors (Lipinski definition) is 3. The van der Waals surface area contributed by atoms with Crippen molar-refractivity contribution in [3.63, 3.8) is 0 Å². The van der Waals surface area contributed by atoms with Crippen molar-refractivity contribution in [2.24, 2.45) is 5.92 Å². The van der Waals surface area contributed by atoms with Crippen molar-refractivity contribution in [3.05, 3.63) is 46.2 Å². The maximum absolute atomic E-state index is 12.0. The molecule has 3 rings (SSSR count). The summed E-state index contributed by atoms with van der Waals surface area (Å²) in [6.45, 7) is 3.20. The van der Waals surface area contributed by atoms with Crippen LogP contribution < -0.4 is 10.9 Å². The third kappa shape index (κ3) is 4.16. The number of para-hydroxylation sites is 1. The molecule has 4 nitrogen and oxygen atoms in total. The zero-order chi connectivity index (χ0) is 14.5. The molecule has 1 heterocycles. The number of ether oxygens (including phenoxy) is 1. The van der Waals surface area contributed by atoms with E-state index in [0.29, 0.717) is 6.54 Å². The van der Waals surface area contributed by atoms with Gasteiger partial charge in [0.05, 0.1) is 0 Å². The molecule has 0 unspecified atom stereocenters. The molecule has 2 N–H and O–H groups in total. The van der Waals surface area contributed by atoms with Crippen LogP contribution in [0.15, 0.2) is 35.1 Å². The van der Waals surface area contributed by atoms with Crippen LogP contribution >= 0.6 is 0 Å². The monoisotopic (exact) mass is 286 g/mol. The average Bonchev–Trinajstić information content (AvgIpc) is 3.31. The fraction of sp³-hybridized carbons (Fsp3) is 0.471. The Hall–Kier alpha value is -1.65. The zero-order valence-electron chi connectivity index (χ0n) is 12.2. The summed E-state index contributed by atoms with van der Waals surface area (Å²) in [7, 11) is 0. The van der Waals surface area contributed by atoms with E-state index in [1.54, 1.807) is 0 Å². The van der Waals surface area contributed by atoms with Gasteiger partial charge in [-0.2, -0.15) is 0 Å². The van der Waals surface area contributed by atoms with E-state index in [4.69, 9.17) is 4.74 Å². The van der Waals surface area contributed by atoms with Crippen LogP contribution in [0.25, 0.3) is 10.9 Å². The Balaban J connectivity index is 1.44. The predicted octanol–water partition coefficient (Wildman–Crippen LogP) is 2.43. The minimum atomic E-state index is -0.00816. The largest absolute Gasteiger partial charge is 0.381 e. The Labute approximate surface area is 124 Å². The van der Waals surface area contributed by atoms with Crippen LogP contribution in [-0.4, -0.2) is 24.7 Å². The lowest BCUT2D eigenvalue weighted by molar-refractivity contribution is 0.122. The summed E-state index contributed by atoms with van der Waals surface area (Å²) in [4.78, 5) is 14.9. The fourth-order valence-electron chi connectivity index (χ4n) is 2.38. The summed E-state index contributed by atoms with van der Waals surface area (Å²) in [6.07, 6.45) is 3.66. The van der Waals surface area contributed by atoms with Gasteiger partial charge in [-0.15, -0.1) is 0 Å². The lowest BCUT2D eigenvalue weighted by Crippen LogP contribution is -2.22. The molecule has 1 aromatic carbocycles. The van der Waals surface area contributed by atoms with Gasteiger partial charge in [0.2, 0.25) is 0 Å². The molecule has 1 saturated carbocycles. The molecule has 0 spiro atoms. The average molecular weight is 286 g/mol. The molecule has 0 bridgehead atoms. The highest BCUT2D eigenvalue weighted by Crippen LogP contribution is 2.28. The van der Waals surface area contributed by atoms with Crippen molar-refractivity contribution in [2.75, 3.05) is 19.8 Å². The Kier molecular flexibility index (Phi) is 4.68. The van der Waals surface area contributed by atoms with E-state index in [0.717, 1.165) is 48.6 Å². The molecular weight excluding hydrogens is 264 g/mol. The maximum Gasteiger partial charge on any atom is 0.252 e. The normalized spacial score (nSPS) is 14.7. The Morgan fingerprint density at radius 1 is 1.29 bits per heavy atom. The van der Waals surface area contributed by atoms with Gasteiger partial charge in [-0.1, -0.05) is 18.2 Å². The minimum Gasteiger partial charge on any atom is -0.381 e. The Morgan fingerprint density at radius 3 is 3.00 bits per heavy atom. The lowest BCUT2D eigenvalue weighted by Gasteiger charge is -2.06. The molecule has 21 heavy (non-hydrogen) atoms. The van der Waals surface area contributed by atoms with Crippen LogP contribution in [0.3, 0.4) is 0 Å². The second-order valence-corrected chi connectivity index (χ2v) is 5.76. The van der Waals surface area contributed by atoms with Crippen LogP contribution in [0.5, 0.6) is 0 Å². The highest BCUT2D eigenvalue weighted by molar-refractivity contribution is 5.78. The van der Waals surface area contributed by atoms with E-state index in [1.807, 2.05) is 30.3 Å². The number of aromatic nitrogens is 1. The molecule has 0 radical (unpaired) electrons. The van der Waals surface area contributed by atoms with Gasteiger partial charge in [0.25, 0.3) is 5.56 Å². The Bertz CT molecular complexity index is 647. The molecule has 1 fully saturated rings. The number of fused-ring (bicyclic) bond motifs is 1. The van der Waals surface area contributed by atoms with Crippen molar-refractivity contribution in [3.8, 4) is 0 Å². The molecule has 1 aliphatic carbocycles. The van der Waals surface area contributed by atoms with Crippen molar-refractivity contribution >= 4 is 10.9 Å². The van der Waals surface area contributed by atoms with Gasteiger partial charge in [-0.05, 0) is 49.2 Å². The minimum absolute atomic E-state index is 0.00816. The van der Waals surface area contributed by atoms with E-state index in [1.165, 1.54) is 12.8 Å². The first-order valence-corrected chi connectivity index (χ1v) is 7.72. The summed E-state index contributed by atoms with van der Waals surface area (Å²) in [5.74, 6) is 0.828. The van der Waals surface area contributed by atoms with Crippen LogP contribution in [0.1, 0.15) is 24.8 Å². The summed E-state index contributed by atoms with van der Waals surface area (Å²) < 4.78 is 5.58. The quantitative estimate of drug-likeness (QED) is 0.733. The van der Waals surface area contributed by atoms with E-state index >= 15 is 0 Å². The second kappa shape index (κ2) is 6.87. The van der Waals surface area contributed by atoms with Gasteiger partial charge in [0, 0.05) is 30.8 Å². The van der Waals surface area contributed by atoms with E-state index in [9.17, 15) is 4.79 Å². The number of pyridine rings is 1. The molecule has 1 aliphatic rings. The highest BCUT2D eigenvalue weighted by Gasteiger charge is 2.20. The smallest absolute Gasteiger partial charge is 0.252 e. The third-order valence-corrected chi connectivity index (χ3v) is 3.84. The van der Waals surface area contributed by atoms with Crippen LogP contribution in [0.2, 0.25) is 0 Å². The molecular formula is C17H22N2O2. The molecule has 112 valence electrons. The standard InChI is InChI=1S/C17H22N2O2/c20-17-15(10-14-4-1-2-5-16(14)19-17)11-18-8-3-9-21-12-13-6-7-13/h1-2,4-5,10,13,18H,3,6-9,11-12H2,(H,19,20). The number of hydrogen-bond donors (Lipinski definition) is 2. The van der Waals surface area contributed by atoms with Crippen LogP contribution in [0.4, 0.5) is 0 Å². The van der Waals surface area contributed by atoms with E-state index in [2.05, 4.69) is 10.3 Å². The summed E-state index contributed by atoms with van der Waals surface area (Å²) >= 11 is 0. The first-order chi connectivity index (χ1) is 10.3. The zero-order valence-corrected chi connectivity index (χ0v) is 12.2. The van der Waals surface area contributed by atoms with E-state index < -0.39 is 0 Å². The maximum atomic E-state index is 12.0. The van der Waals surface area contributed by atoms with Gasteiger partial charge in [0.15, 0.2) is 0 Å². The molecule has 1 aromatic heterocycles. The fourth-order valence-corrected chi connectivity index (χ4v) is 2.38. The van der Waals surface area contributed by atoms with Crippen molar-refractivity contribution < 1.29 is 4.74 Å². The van der Waals surface area contributed by atoms with Crippen molar-refractivity contribution in [1.29, 1.82) is 0 Å². The van der Waals surface area contributed by atoms with Crippen LogP contribution in [0, 0.1) is 5.92 Å². The topological polar surface area (TPSA) is 54.1 Å². The number of H-pyrrole nitrogens is 1. The summed E-state index contributed by atoms with van der Waals surface area (Å²) in [5, 5.41) is 4.38. The first kappa shape index (κ1) is 14.3. The molecule has 0 amide bonds. The van der Waals surface area contributed by atoms with E-state index in [-0.39, 0.29) is 5.56 Å². The first-order valence-electron chi connectivity index (χ1n) is 7.72. The Morgan fingerprint density at radius 2 is 2.14 bits per heavy atom. The van der Waals surface area contributed by atoms with Crippen molar-refractivity contribution in [1.82, 2.24) is 10.3 Å². The summed E-state index contributed by atoms with van der Waals surface area (Å²) in [5.41, 5.74) is 1.67. The third-order valence-electron chi connectivity index (χ3n) is 3.84. The van der Waals surface area contributed by atoms with Crippen molar-refractivity contribution in [2.45, 2.75) is 25.8 Å². The van der Waals surface area contributed by atoms with Gasteiger partial charge in [0.1, 0.15) is 0 Å². The summed E-state index contributed by atoms with van der Waals surface area (Å²) in [6, 6.07) is 9.81. The van der Waals surface area contributed by atoms with Gasteiger partial charge in [-0.3, -0.25) is 4.79 Å². The number of rotatable bonds is 8. The number of nitrogens with one attached hydrogen (secondary N) is 2. The highest BCUT2D eigenvalue weighted by atomic mass is 16.5. The molecule has 0 aliphatic heterocycles. The molecule has 0 atom stereocenters. The predicted molar refractivity (Wildman–Crippen MR) is 84.4 cm³/mol. The molecule has 4 heteroatoms. The second-order valence-electron chi connectivity index (χ2n) is 5.76. The van der Waals surface area contributed by atoms with Gasteiger partial charge in [-0.25, -0.2) is 0 Å². The molecule has 0 saturated heterocycles. The SMILES string of the molecule is O=c1[nH]c2ccccc2cc1CNCCCOCC1CC1. The number of benzene rings is 1. The number of aromatic amines is 1. The van der Waals surface area contributed by atoms with Gasteiger partial charge < -0.3 is 15.0 Å². The van der Waals surface area contributed by atoms with Crippen LogP contribution in [-0.2, 0) is 11.3 Å².